The number of amides is 1. The average molecular weight is 434 g/mol. The van der Waals surface area contributed by atoms with Crippen molar-refractivity contribution < 1.29 is 13.2 Å². The van der Waals surface area contributed by atoms with Crippen LogP contribution in [0.15, 0.2) is 52.4 Å². The largest absolute Gasteiger partial charge is 0.305 e. The first-order chi connectivity index (χ1) is 13.2. The summed E-state index contributed by atoms with van der Waals surface area (Å²) in [6, 6.07) is 11.0. The van der Waals surface area contributed by atoms with Gasteiger partial charge in [-0.15, -0.1) is 6.42 Å². The van der Waals surface area contributed by atoms with Crippen LogP contribution in [0.2, 0.25) is 5.02 Å². The predicted molar refractivity (Wildman–Crippen MR) is 111 cm³/mol. The number of terminal acetylenes is 1. The van der Waals surface area contributed by atoms with Crippen molar-refractivity contribution in [3.8, 4) is 12.3 Å². The number of hydrogen-bond acceptors (Lipinski definition) is 4. The summed E-state index contributed by atoms with van der Waals surface area (Å²) in [6.07, 6.45) is 5.45. The van der Waals surface area contributed by atoms with Crippen LogP contribution in [-0.2, 0) is 16.6 Å². The highest BCUT2D eigenvalue weighted by atomic mass is 35.5. The maximum atomic E-state index is 12.6. The number of nitrogens with zero attached hydrogens (tertiary/aromatic N) is 3. The number of thiazole rings is 1. The van der Waals surface area contributed by atoms with Gasteiger partial charge in [-0.25, -0.2) is 12.7 Å². The lowest BCUT2D eigenvalue weighted by atomic mass is 10.2. The fourth-order valence-electron chi connectivity index (χ4n) is 2.51. The van der Waals surface area contributed by atoms with Gasteiger partial charge in [-0.1, -0.05) is 28.9 Å². The standard InChI is InChI=1S/C19H16ClN3O3S2/c1-4-11-23-16-10-7-14(20)12-17(16)27-19(23)21-18(24)13-5-8-15(9-6-13)28(25,26)22(2)3/h1,5-10,12H,11H2,2-3H3. The van der Waals surface area contributed by atoms with E-state index in [-0.39, 0.29) is 17.0 Å². The van der Waals surface area contributed by atoms with Crippen LogP contribution < -0.4 is 4.80 Å². The molecule has 0 bridgehead atoms. The maximum Gasteiger partial charge on any atom is 0.279 e. The predicted octanol–water partition coefficient (Wildman–Crippen LogP) is 2.98. The summed E-state index contributed by atoms with van der Waals surface area (Å²) in [5.41, 5.74) is 1.12. The van der Waals surface area contributed by atoms with Gasteiger partial charge in [-0.3, -0.25) is 4.79 Å². The van der Waals surface area contributed by atoms with Crippen LogP contribution in [0.25, 0.3) is 10.2 Å². The van der Waals surface area contributed by atoms with E-state index >= 15 is 0 Å². The third-order valence-corrected chi connectivity index (χ3v) is 7.08. The molecule has 0 unspecified atom stereocenters. The second-order valence-corrected chi connectivity index (χ2v) is 9.61. The molecule has 3 aromatic rings. The minimum absolute atomic E-state index is 0.105. The summed E-state index contributed by atoms with van der Waals surface area (Å²) < 4.78 is 28.0. The molecule has 1 heterocycles. The normalized spacial score (nSPS) is 12.5. The van der Waals surface area contributed by atoms with Gasteiger partial charge < -0.3 is 4.57 Å². The highest BCUT2D eigenvalue weighted by Crippen LogP contribution is 2.22. The molecule has 0 saturated heterocycles. The van der Waals surface area contributed by atoms with Crippen LogP contribution in [0.4, 0.5) is 0 Å². The van der Waals surface area contributed by atoms with Gasteiger partial charge >= 0.3 is 0 Å². The van der Waals surface area contributed by atoms with Crippen LogP contribution in [0.1, 0.15) is 10.4 Å². The molecule has 1 aromatic heterocycles. The molecule has 0 aliphatic heterocycles. The number of carbonyl (C=O) groups is 1. The molecule has 0 radical (unpaired) electrons. The van der Waals surface area contributed by atoms with E-state index in [1.54, 1.807) is 16.7 Å². The number of aromatic nitrogens is 1. The van der Waals surface area contributed by atoms with Crippen molar-refractivity contribution in [3.05, 3.63) is 57.9 Å². The lowest BCUT2D eigenvalue weighted by molar-refractivity contribution is 0.0998. The smallest absolute Gasteiger partial charge is 0.279 e. The number of rotatable bonds is 4. The monoisotopic (exact) mass is 433 g/mol. The first-order valence-corrected chi connectivity index (χ1v) is 10.7. The van der Waals surface area contributed by atoms with Crippen LogP contribution in [0.5, 0.6) is 0 Å². The molecule has 0 spiro atoms. The maximum absolute atomic E-state index is 12.6. The van der Waals surface area contributed by atoms with E-state index in [0.29, 0.717) is 9.82 Å². The lowest BCUT2D eigenvalue weighted by Gasteiger charge is -2.11. The summed E-state index contributed by atoms with van der Waals surface area (Å²) in [4.78, 5) is 17.3. The zero-order chi connectivity index (χ0) is 20.5. The molecule has 9 heteroatoms. The van der Waals surface area contributed by atoms with E-state index in [9.17, 15) is 13.2 Å². The Kier molecular flexibility index (Phi) is 5.72. The van der Waals surface area contributed by atoms with E-state index < -0.39 is 15.9 Å². The zero-order valence-electron chi connectivity index (χ0n) is 15.1. The van der Waals surface area contributed by atoms with Crippen molar-refractivity contribution in [1.29, 1.82) is 0 Å². The average Bonchev–Trinajstić information content (AvgIpc) is 2.98. The molecule has 0 N–H and O–H groups in total. The number of halogens is 1. The first kappa shape index (κ1) is 20.3. The molecule has 144 valence electrons. The number of carbonyl (C=O) groups excluding carboxylic acids is 1. The molecule has 0 aliphatic carbocycles. The summed E-state index contributed by atoms with van der Waals surface area (Å²) in [5.74, 6) is 2.07. The molecule has 0 aliphatic rings. The van der Waals surface area contributed by atoms with Gasteiger partial charge in [0.15, 0.2) is 4.80 Å². The van der Waals surface area contributed by atoms with Gasteiger partial charge in [0, 0.05) is 24.7 Å². The minimum Gasteiger partial charge on any atom is -0.305 e. The van der Waals surface area contributed by atoms with E-state index in [0.717, 1.165) is 14.5 Å². The molecule has 6 nitrogen and oxygen atoms in total. The van der Waals surface area contributed by atoms with Crippen molar-refractivity contribution >= 4 is 49.1 Å². The van der Waals surface area contributed by atoms with Crippen LogP contribution >= 0.6 is 22.9 Å². The second kappa shape index (κ2) is 7.89. The fraction of sp³-hybridized carbons (Fsp3) is 0.158. The van der Waals surface area contributed by atoms with Gasteiger partial charge in [-0.2, -0.15) is 4.99 Å². The lowest BCUT2D eigenvalue weighted by Crippen LogP contribution is -2.22. The highest BCUT2D eigenvalue weighted by molar-refractivity contribution is 7.89. The third kappa shape index (κ3) is 3.88. The van der Waals surface area contributed by atoms with Gasteiger partial charge in [0.2, 0.25) is 10.0 Å². The topological polar surface area (TPSA) is 71.7 Å². The Morgan fingerprint density at radius 3 is 2.54 bits per heavy atom. The molecule has 1 amide bonds. The van der Waals surface area contributed by atoms with Crippen LogP contribution in [0, 0.1) is 12.3 Å². The second-order valence-electron chi connectivity index (χ2n) is 6.02. The third-order valence-electron chi connectivity index (χ3n) is 3.97. The van der Waals surface area contributed by atoms with E-state index in [2.05, 4.69) is 10.9 Å². The highest BCUT2D eigenvalue weighted by Gasteiger charge is 2.17. The Bertz CT molecular complexity index is 1260. The summed E-state index contributed by atoms with van der Waals surface area (Å²) in [5, 5.41) is 0.581. The van der Waals surface area contributed by atoms with Gasteiger partial charge in [0.1, 0.15) is 0 Å². The SMILES string of the molecule is C#CCn1c(=NC(=O)c2ccc(S(=O)(=O)N(C)C)cc2)sc2cc(Cl)ccc21. The van der Waals surface area contributed by atoms with Gasteiger partial charge in [-0.05, 0) is 42.5 Å². The molecule has 0 atom stereocenters. The minimum atomic E-state index is -3.56. The Morgan fingerprint density at radius 1 is 1.25 bits per heavy atom. The molecule has 3 rings (SSSR count). The van der Waals surface area contributed by atoms with E-state index in [1.165, 1.54) is 49.7 Å². The van der Waals surface area contributed by atoms with E-state index in [1.807, 2.05) is 6.07 Å². The zero-order valence-corrected chi connectivity index (χ0v) is 17.5. The summed E-state index contributed by atoms with van der Waals surface area (Å²) in [6.45, 7) is 0.258. The molecule has 0 saturated carbocycles. The molecular weight excluding hydrogens is 418 g/mol. The van der Waals surface area contributed by atoms with E-state index in [4.69, 9.17) is 18.0 Å². The Morgan fingerprint density at radius 2 is 1.93 bits per heavy atom. The van der Waals surface area contributed by atoms with Crippen molar-refractivity contribution in [3.63, 3.8) is 0 Å². The van der Waals surface area contributed by atoms with Gasteiger partial charge in [0.25, 0.3) is 5.91 Å². The van der Waals surface area contributed by atoms with Crippen LogP contribution in [0.3, 0.4) is 0 Å². The molecular formula is C19H16ClN3O3S2. The quantitative estimate of drug-likeness (QED) is 0.594. The van der Waals surface area contributed by atoms with Crippen molar-refractivity contribution in [2.75, 3.05) is 14.1 Å². The molecule has 0 fully saturated rings. The number of benzene rings is 2. The van der Waals surface area contributed by atoms with Gasteiger partial charge in [0.05, 0.1) is 21.7 Å². The van der Waals surface area contributed by atoms with Crippen LogP contribution in [-0.4, -0.2) is 37.3 Å². The van der Waals surface area contributed by atoms with Crippen molar-refractivity contribution in [1.82, 2.24) is 8.87 Å². The molecule has 2 aromatic carbocycles. The molecule has 28 heavy (non-hydrogen) atoms. The fourth-order valence-corrected chi connectivity index (χ4v) is 4.71. The van der Waals surface area contributed by atoms with Crippen molar-refractivity contribution in [2.24, 2.45) is 4.99 Å². The van der Waals surface area contributed by atoms with Crippen molar-refractivity contribution in [2.45, 2.75) is 11.4 Å². The number of fused-ring (bicyclic) bond motifs is 1. The Balaban J connectivity index is 2.03. The Labute approximate surface area is 171 Å². The number of sulfonamides is 1. The number of hydrogen-bond donors (Lipinski definition) is 0. The first-order valence-electron chi connectivity index (χ1n) is 8.08. The Hall–Kier alpha value is -2.44. The summed E-state index contributed by atoms with van der Waals surface area (Å²) >= 11 is 7.35. The summed E-state index contributed by atoms with van der Waals surface area (Å²) in [7, 11) is -0.667.